The lowest BCUT2D eigenvalue weighted by atomic mass is 9.81. The molecule has 16 heavy (non-hydrogen) atoms. The summed E-state index contributed by atoms with van der Waals surface area (Å²) in [5.41, 5.74) is 6.93. The van der Waals surface area contributed by atoms with Crippen molar-refractivity contribution in [3.8, 4) is 5.75 Å². The minimum absolute atomic E-state index is 0.101. The summed E-state index contributed by atoms with van der Waals surface area (Å²) >= 11 is 0. The van der Waals surface area contributed by atoms with Gasteiger partial charge in [0.05, 0.1) is 0 Å². The van der Waals surface area contributed by atoms with E-state index in [9.17, 15) is 4.39 Å². The maximum Gasteiger partial charge on any atom is 0.165 e. The second-order valence-corrected chi connectivity index (χ2v) is 4.63. The van der Waals surface area contributed by atoms with E-state index in [0.717, 1.165) is 18.4 Å². The van der Waals surface area contributed by atoms with E-state index in [1.807, 2.05) is 0 Å². The lowest BCUT2D eigenvalue weighted by Gasteiger charge is -2.27. The summed E-state index contributed by atoms with van der Waals surface area (Å²) in [4.78, 5) is 0. The quantitative estimate of drug-likeness (QED) is 0.809. The van der Waals surface area contributed by atoms with Gasteiger partial charge in [-0.3, -0.25) is 0 Å². The van der Waals surface area contributed by atoms with E-state index >= 15 is 0 Å². The number of nitrogens with two attached hydrogens (primary N) is 1. The van der Waals surface area contributed by atoms with Gasteiger partial charge in [0.15, 0.2) is 11.6 Å². The zero-order valence-electron chi connectivity index (χ0n) is 9.32. The third-order valence-electron chi connectivity index (χ3n) is 3.51. The largest absolute Gasteiger partial charge is 0.505 e. The molecule has 3 N–H and O–H groups in total. The van der Waals surface area contributed by atoms with Crippen molar-refractivity contribution in [2.45, 2.75) is 38.1 Å². The third kappa shape index (κ3) is 2.35. The monoisotopic (exact) mass is 223 g/mol. The summed E-state index contributed by atoms with van der Waals surface area (Å²) < 4.78 is 13.2. The average Bonchev–Trinajstić information content (AvgIpc) is 2.33. The first-order chi connectivity index (χ1) is 7.68. The summed E-state index contributed by atoms with van der Waals surface area (Å²) in [6, 6.07) is 4.36. The van der Waals surface area contributed by atoms with E-state index in [4.69, 9.17) is 10.8 Å². The first kappa shape index (κ1) is 11.4. The van der Waals surface area contributed by atoms with Crippen LogP contribution in [0.4, 0.5) is 4.39 Å². The van der Waals surface area contributed by atoms with Crippen LogP contribution in [0.1, 0.15) is 43.7 Å². The van der Waals surface area contributed by atoms with Crippen molar-refractivity contribution in [3.05, 3.63) is 29.6 Å². The Balaban J connectivity index is 2.12. The minimum Gasteiger partial charge on any atom is -0.505 e. The van der Waals surface area contributed by atoms with Gasteiger partial charge in [-0.25, -0.2) is 4.39 Å². The fourth-order valence-electron chi connectivity index (χ4n) is 2.50. The van der Waals surface area contributed by atoms with E-state index in [0.29, 0.717) is 5.92 Å². The molecule has 0 aliphatic heterocycles. The van der Waals surface area contributed by atoms with Gasteiger partial charge in [0.2, 0.25) is 0 Å². The van der Waals surface area contributed by atoms with Crippen molar-refractivity contribution in [1.29, 1.82) is 0 Å². The van der Waals surface area contributed by atoms with Gasteiger partial charge in [0, 0.05) is 6.04 Å². The summed E-state index contributed by atoms with van der Waals surface area (Å²) in [6.45, 7) is 0. The first-order valence-electron chi connectivity index (χ1n) is 5.92. The van der Waals surface area contributed by atoms with E-state index in [-0.39, 0.29) is 11.8 Å². The van der Waals surface area contributed by atoms with Gasteiger partial charge < -0.3 is 10.8 Å². The zero-order chi connectivity index (χ0) is 11.5. The maximum atomic E-state index is 13.2. The molecular weight excluding hydrogens is 205 g/mol. The Bertz CT molecular complexity index is 361. The van der Waals surface area contributed by atoms with E-state index in [2.05, 4.69) is 0 Å². The molecule has 1 atom stereocenters. The molecule has 0 amide bonds. The van der Waals surface area contributed by atoms with Crippen molar-refractivity contribution in [1.82, 2.24) is 0 Å². The van der Waals surface area contributed by atoms with Crippen LogP contribution in [0.3, 0.4) is 0 Å². The molecule has 0 aromatic heterocycles. The lowest BCUT2D eigenvalue weighted by Crippen LogP contribution is -2.23. The molecule has 1 aromatic rings. The third-order valence-corrected chi connectivity index (χ3v) is 3.51. The van der Waals surface area contributed by atoms with Crippen molar-refractivity contribution in [2.75, 3.05) is 0 Å². The fraction of sp³-hybridized carbons (Fsp3) is 0.538. The fourth-order valence-corrected chi connectivity index (χ4v) is 2.50. The topological polar surface area (TPSA) is 46.2 Å². The normalized spacial score (nSPS) is 19.6. The summed E-state index contributed by atoms with van der Waals surface area (Å²) in [6.07, 6.45) is 5.98. The molecule has 0 unspecified atom stereocenters. The summed E-state index contributed by atoms with van der Waals surface area (Å²) in [5.74, 6) is -0.430. The second-order valence-electron chi connectivity index (χ2n) is 4.63. The molecule has 0 bridgehead atoms. The molecule has 2 rings (SSSR count). The van der Waals surface area contributed by atoms with Crippen molar-refractivity contribution in [3.63, 3.8) is 0 Å². The molecule has 0 radical (unpaired) electrons. The Morgan fingerprint density at radius 1 is 1.25 bits per heavy atom. The van der Waals surface area contributed by atoms with Gasteiger partial charge in [-0.2, -0.15) is 0 Å². The number of halogens is 1. The molecule has 2 nitrogen and oxygen atoms in total. The van der Waals surface area contributed by atoms with Crippen LogP contribution in [0.25, 0.3) is 0 Å². The van der Waals surface area contributed by atoms with Crippen molar-refractivity contribution in [2.24, 2.45) is 11.7 Å². The molecule has 1 aromatic carbocycles. The standard InChI is InChI=1S/C13H18FNO/c14-11-8-10(6-7-12(11)16)13(15)9-4-2-1-3-5-9/h6-9,13,16H,1-5,15H2/t13-/m0/s1. The van der Waals surface area contributed by atoms with Crippen LogP contribution in [0.2, 0.25) is 0 Å². The lowest BCUT2D eigenvalue weighted by molar-refractivity contribution is 0.307. The predicted octanol–water partition coefficient (Wildman–Crippen LogP) is 3.11. The van der Waals surface area contributed by atoms with Crippen molar-refractivity contribution >= 4 is 0 Å². The van der Waals surface area contributed by atoms with Crippen molar-refractivity contribution < 1.29 is 9.50 Å². The average molecular weight is 223 g/mol. The Morgan fingerprint density at radius 2 is 1.94 bits per heavy atom. The highest BCUT2D eigenvalue weighted by Gasteiger charge is 2.22. The molecule has 88 valence electrons. The smallest absolute Gasteiger partial charge is 0.165 e. The number of hydrogen-bond donors (Lipinski definition) is 2. The van der Waals surface area contributed by atoms with E-state index in [1.165, 1.54) is 31.4 Å². The highest BCUT2D eigenvalue weighted by molar-refractivity contribution is 5.30. The molecule has 0 heterocycles. The van der Waals surface area contributed by atoms with Crippen LogP contribution < -0.4 is 5.73 Å². The van der Waals surface area contributed by atoms with Gasteiger partial charge in [0.25, 0.3) is 0 Å². The Hall–Kier alpha value is -1.09. The first-order valence-corrected chi connectivity index (χ1v) is 5.92. The van der Waals surface area contributed by atoms with E-state index in [1.54, 1.807) is 6.07 Å². The highest BCUT2D eigenvalue weighted by Crippen LogP contribution is 2.33. The molecule has 1 aliphatic carbocycles. The zero-order valence-corrected chi connectivity index (χ0v) is 9.32. The van der Waals surface area contributed by atoms with Crippen LogP contribution in [-0.4, -0.2) is 5.11 Å². The van der Waals surface area contributed by atoms with Crippen LogP contribution in [0.15, 0.2) is 18.2 Å². The Kier molecular flexibility index (Phi) is 3.44. The number of phenolic OH excluding ortho intramolecular Hbond substituents is 1. The van der Waals surface area contributed by atoms with Crippen LogP contribution in [-0.2, 0) is 0 Å². The maximum absolute atomic E-state index is 13.2. The predicted molar refractivity (Wildman–Crippen MR) is 61.6 cm³/mol. The second kappa shape index (κ2) is 4.83. The number of hydrogen-bond acceptors (Lipinski definition) is 2. The van der Waals surface area contributed by atoms with Gasteiger partial charge in [-0.1, -0.05) is 25.3 Å². The molecule has 3 heteroatoms. The molecular formula is C13H18FNO. The van der Waals surface area contributed by atoms with Gasteiger partial charge >= 0.3 is 0 Å². The van der Waals surface area contributed by atoms with Gasteiger partial charge in [-0.15, -0.1) is 0 Å². The highest BCUT2D eigenvalue weighted by atomic mass is 19.1. The molecule has 1 aliphatic rings. The molecule has 1 fully saturated rings. The number of phenols is 1. The Labute approximate surface area is 95.3 Å². The molecule has 1 saturated carbocycles. The van der Waals surface area contributed by atoms with Crippen LogP contribution >= 0.6 is 0 Å². The molecule has 0 spiro atoms. The van der Waals surface area contributed by atoms with Crippen LogP contribution in [0.5, 0.6) is 5.75 Å². The van der Waals surface area contributed by atoms with Gasteiger partial charge in [-0.05, 0) is 36.5 Å². The van der Waals surface area contributed by atoms with Gasteiger partial charge in [0.1, 0.15) is 0 Å². The minimum atomic E-state index is -0.580. The number of benzene rings is 1. The number of rotatable bonds is 2. The number of aromatic hydroxyl groups is 1. The van der Waals surface area contributed by atoms with Crippen LogP contribution in [0, 0.1) is 11.7 Å². The SMILES string of the molecule is N[C@H](c1ccc(O)c(F)c1)C1CCCCC1. The molecule has 0 saturated heterocycles. The van der Waals surface area contributed by atoms with E-state index < -0.39 is 5.82 Å². The Morgan fingerprint density at radius 3 is 2.56 bits per heavy atom. The summed E-state index contributed by atoms with van der Waals surface area (Å²) in [7, 11) is 0. The summed E-state index contributed by atoms with van der Waals surface area (Å²) in [5, 5.41) is 9.12.